The zero-order valence-electron chi connectivity index (χ0n) is 10.8. The van der Waals surface area contributed by atoms with Crippen LogP contribution in [0.2, 0.25) is 0 Å². The molecule has 0 saturated heterocycles. The molecular formula is C14H20N2O2. The van der Waals surface area contributed by atoms with Crippen LogP contribution >= 0.6 is 0 Å². The summed E-state index contributed by atoms with van der Waals surface area (Å²) in [5.41, 5.74) is 2.47. The van der Waals surface area contributed by atoms with Gasteiger partial charge in [-0.1, -0.05) is 12.1 Å². The molecule has 0 spiro atoms. The summed E-state index contributed by atoms with van der Waals surface area (Å²) in [6.07, 6.45) is 2.06. The number of rotatable bonds is 4. The third-order valence-corrected chi connectivity index (χ3v) is 3.37. The summed E-state index contributed by atoms with van der Waals surface area (Å²) in [7, 11) is 2.11. The van der Waals surface area contributed by atoms with Crippen molar-refractivity contribution in [2.45, 2.75) is 19.3 Å². The fraction of sp³-hybridized carbons (Fsp3) is 0.500. The maximum atomic E-state index is 10.6. The first-order chi connectivity index (χ1) is 8.68. The number of benzene rings is 1. The molecule has 0 unspecified atom stereocenters. The minimum Gasteiger partial charge on any atom is -0.481 e. The SMILES string of the molecule is CN1CCCN(CCCC(=O)O)c2ccccc21. The maximum Gasteiger partial charge on any atom is 0.303 e. The summed E-state index contributed by atoms with van der Waals surface area (Å²) < 4.78 is 0. The van der Waals surface area contributed by atoms with E-state index in [4.69, 9.17) is 5.11 Å². The third-order valence-electron chi connectivity index (χ3n) is 3.37. The third kappa shape index (κ3) is 2.94. The predicted molar refractivity (Wildman–Crippen MR) is 73.4 cm³/mol. The quantitative estimate of drug-likeness (QED) is 0.887. The highest BCUT2D eigenvalue weighted by atomic mass is 16.4. The Balaban J connectivity index is 2.10. The summed E-state index contributed by atoms with van der Waals surface area (Å²) in [5, 5.41) is 8.71. The lowest BCUT2D eigenvalue weighted by Gasteiger charge is -2.25. The van der Waals surface area contributed by atoms with E-state index in [1.807, 2.05) is 6.07 Å². The Morgan fingerprint density at radius 2 is 2.00 bits per heavy atom. The van der Waals surface area contributed by atoms with Gasteiger partial charge in [-0.3, -0.25) is 4.79 Å². The van der Waals surface area contributed by atoms with E-state index >= 15 is 0 Å². The van der Waals surface area contributed by atoms with Gasteiger partial charge in [0.05, 0.1) is 11.4 Å². The first-order valence-corrected chi connectivity index (χ1v) is 6.45. The van der Waals surface area contributed by atoms with Crippen molar-refractivity contribution in [2.75, 3.05) is 36.5 Å². The largest absolute Gasteiger partial charge is 0.481 e. The zero-order chi connectivity index (χ0) is 13.0. The lowest BCUT2D eigenvalue weighted by atomic mass is 10.2. The van der Waals surface area contributed by atoms with E-state index in [-0.39, 0.29) is 6.42 Å². The number of fused-ring (bicyclic) bond motifs is 1. The van der Waals surface area contributed by atoms with E-state index in [2.05, 4.69) is 35.0 Å². The Hall–Kier alpha value is -1.71. The van der Waals surface area contributed by atoms with Gasteiger partial charge in [-0.2, -0.15) is 0 Å². The van der Waals surface area contributed by atoms with Crippen molar-refractivity contribution in [2.24, 2.45) is 0 Å². The average molecular weight is 248 g/mol. The molecule has 1 aliphatic heterocycles. The lowest BCUT2D eigenvalue weighted by molar-refractivity contribution is -0.137. The first kappa shape index (κ1) is 12.7. The first-order valence-electron chi connectivity index (χ1n) is 6.45. The fourth-order valence-corrected chi connectivity index (χ4v) is 2.45. The second-order valence-electron chi connectivity index (χ2n) is 4.75. The molecule has 1 heterocycles. The van der Waals surface area contributed by atoms with Gasteiger partial charge < -0.3 is 14.9 Å². The molecule has 1 aliphatic rings. The molecule has 1 aromatic carbocycles. The van der Waals surface area contributed by atoms with Gasteiger partial charge in [0.2, 0.25) is 0 Å². The number of carboxylic acids is 1. The van der Waals surface area contributed by atoms with Crippen LogP contribution < -0.4 is 9.80 Å². The van der Waals surface area contributed by atoms with Crippen molar-refractivity contribution in [3.63, 3.8) is 0 Å². The van der Waals surface area contributed by atoms with Gasteiger partial charge in [0, 0.05) is 33.1 Å². The van der Waals surface area contributed by atoms with E-state index in [1.54, 1.807) is 0 Å². The number of hydrogen-bond donors (Lipinski definition) is 1. The summed E-state index contributed by atoms with van der Waals surface area (Å²) >= 11 is 0. The molecule has 4 heteroatoms. The van der Waals surface area contributed by atoms with Crippen molar-refractivity contribution in [1.82, 2.24) is 0 Å². The average Bonchev–Trinajstić information content (AvgIpc) is 2.50. The second-order valence-corrected chi connectivity index (χ2v) is 4.75. The zero-order valence-corrected chi connectivity index (χ0v) is 10.8. The number of nitrogens with zero attached hydrogens (tertiary/aromatic N) is 2. The molecule has 0 amide bonds. The maximum absolute atomic E-state index is 10.6. The molecule has 0 aliphatic carbocycles. The topological polar surface area (TPSA) is 43.8 Å². The van der Waals surface area contributed by atoms with Crippen molar-refractivity contribution in [3.8, 4) is 0 Å². The summed E-state index contributed by atoms with van der Waals surface area (Å²) in [5.74, 6) is -0.713. The summed E-state index contributed by atoms with van der Waals surface area (Å²) in [4.78, 5) is 15.2. The Morgan fingerprint density at radius 1 is 1.28 bits per heavy atom. The monoisotopic (exact) mass is 248 g/mol. The number of hydrogen-bond acceptors (Lipinski definition) is 3. The minimum atomic E-state index is -0.713. The normalized spacial score (nSPS) is 15.2. The van der Waals surface area contributed by atoms with E-state index in [1.165, 1.54) is 11.4 Å². The molecule has 1 aromatic rings. The molecule has 0 fully saturated rings. The van der Waals surface area contributed by atoms with Gasteiger partial charge in [0.15, 0.2) is 0 Å². The summed E-state index contributed by atoms with van der Waals surface area (Å²) in [6, 6.07) is 8.35. The van der Waals surface area contributed by atoms with Crippen LogP contribution in [-0.2, 0) is 4.79 Å². The molecule has 18 heavy (non-hydrogen) atoms. The molecule has 0 aromatic heterocycles. The molecule has 1 N–H and O–H groups in total. The van der Waals surface area contributed by atoms with E-state index in [0.29, 0.717) is 6.42 Å². The number of carbonyl (C=O) groups is 1. The van der Waals surface area contributed by atoms with Crippen LogP contribution in [0.1, 0.15) is 19.3 Å². The van der Waals surface area contributed by atoms with Crippen molar-refractivity contribution in [1.29, 1.82) is 0 Å². The molecular weight excluding hydrogens is 228 g/mol. The highest BCUT2D eigenvalue weighted by Crippen LogP contribution is 2.31. The molecule has 4 nitrogen and oxygen atoms in total. The highest BCUT2D eigenvalue weighted by molar-refractivity contribution is 5.72. The lowest BCUT2D eigenvalue weighted by Crippen LogP contribution is -2.25. The number of aliphatic carboxylic acids is 1. The molecule has 0 radical (unpaired) electrons. The Kier molecular flexibility index (Phi) is 4.07. The number of carboxylic acid groups (broad SMARTS) is 1. The van der Waals surface area contributed by atoms with Crippen LogP contribution in [0.3, 0.4) is 0 Å². The predicted octanol–water partition coefficient (Wildman–Crippen LogP) is 2.20. The van der Waals surface area contributed by atoms with Crippen LogP contribution in [0.5, 0.6) is 0 Å². The van der Waals surface area contributed by atoms with Crippen molar-refractivity contribution >= 4 is 17.3 Å². The molecule has 0 saturated carbocycles. The van der Waals surface area contributed by atoms with Crippen LogP contribution in [0.25, 0.3) is 0 Å². The standard InChI is InChI=1S/C14H20N2O2/c1-15-9-5-11-16(10-4-8-14(17)18)13-7-3-2-6-12(13)15/h2-3,6-7H,4-5,8-11H2,1H3,(H,17,18). The van der Waals surface area contributed by atoms with Crippen LogP contribution in [0.4, 0.5) is 11.4 Å². The molecule has 0 bridgehead atoms. The van der Waals surface area contributed by atoms with E-state index < -0.39 is 5.97 Å². The highest BCUT2D eigenvalue weighted by Gasteiger charge is 2.17. The Labute approximate surface area is 108 Å². The van der Waals surface area contributed by atoms with Gasteiger partial charge in [-0.15, -0.1) is 0 Å². The molecule has 0 atom stereocenters. The van der Waals surface area contributed by atoms with Gasteiger partial charge in [-0.25, -0.2) is 0 Å². The minimum absolute atomic E-state index is 0.245. The van der Waals surface area contributed by atoms with Gasteiger partial charge in [0.25, 0.3) is 0 Å². The van der Waals surface area contributed by atoms with E-state index in [0.717, 1.165) is 26.1 Å². The van der Waals surface area contributed by atoms with Gasteiger partial charge >= 0.3 is 5.97 Å². The Morgan fingerprint density at radius 3 is 2.72 bits per heavy atom. The number of para-hydroxylation sites is 2. The number of anilines is 2. The van der Waals surface area contributed by atoms with Crippen molar-refractivity contribution in [3.05, 3.63) is 24.3 Å². The smallest absolute Gasteiger partial charge is 0.303 e. The van der Waals surface area contributed by atoms with Crippen molar-refractivity contribution < 1.29 is 9.90 Å². The Bertz CT molecular complexity index is 420. The fourth-order valence-electron chi connectivity index (χ4n) is 2.45. The van der Waals surface area contributed by atoms with E-state index in [9.17, 15) is 4.79 Å². The van der Waals surface area contributed by atoms with Gasteiger partial charge in [0.1, 0.15) is 0 Å². The molecule has 2 rings (SSSR count). The van der Waals surface area contributed by atoms with Crippen LogP contribution in [0.15, 0.2) is 24.3 Å². The molecule has 98 valence electrons. The van der Waals surface area contributed by atoms with Crippen LogP contribution in [0, 0.1) is 0 Å². The second kappa shape index (κ2) is 5.76. The summed E-state index contributed by atoms with van der Waals surface area (Å²) in [6.45, 7) is 2.87. The van der Waals surface area contributed by atoms with Crippen LogP contribution in [-0.4, -0.2) is 37.8 Å². The van der Waals surface area contributed by atoms with Gasteiger partial charge in [-0.05, 0) is 25.0 Å².